The Labute approximate surface area is 221 Å². The number of para-hydroxylation sites is 1. The van der Waals surface area contributed by atoms with Gasteiger partial charge in [-0.3, -0.25) is 9.36 Å². The molecule has 0 radical (unpaired) electrons. The minimum atomic E-state index is -0.350. The molecule has 0 unspecified atom stereocenters. The molecule has 5 rings (SSSR count). The van der Waals surface area contributed by atoms with Crippen molar-refractivity contribution in [3.63, 3.8) is 0 Å². The van der Waals surface area contributed by atoms with Crippen LogP contribution in [0, 0.1) is 11.7 Å². The van der Waals surface area contributed by atoms with Gasteiger partial charge in [-0.25, -0.2) is 19.3 Å². The van der Waals surface area contributed by atoms with Crippen LogP contribution in [-0.2, 0) is 11.2 Å². The second-order valence-corrected chi connectivity index (χ2v) is 10.1. The van der Waals surface area contributed by atoms with Gasteiger partial charge in [-0.2, -0.15) is 0 Å². The number of hydrogen-bond acceptors (Lipinski definition) is 6. The smallest absolute Gasteiger partial charge is 0.222 e. The first kappa shape index (κ1) is 25.6. The summed E-state index contributed by atoms with van der Waals surface area (Å²) in [6.45, 7) is 3.81. The second-order valence-electron chi connectivity index (χ2n) is 10.1. The number of ether oxygens (including phenoxy) is 1. The molecule has 9 heteroatoms. The van der Waals surface area contributed by atoms with Crippen LogP contribution in [0.2, 0.25) is 0 Å². The van der Waals surface area contributed by atoms with E-state index in [1.54, 1.807) is 31.5 Å². The van der Waals surface area contributed by atoms with Crippen molar-refractivity contribution in [1.82, 2.24) is 24.8 Å². The fourth-order valence-electron chi connectivity index (χ4n) is 4.90. The van der Waals surface area contributed by atoms with Gasteiger partial charge in [-0.1, -0.05) is 38.1 Å². The van der Waals surface area contributed by atoms with E-state index in [1.165, 1.54) is 6.07 Å². The van der Waals surface area contributed by atoms with E-state index >= 15 is 0 Å². The lowest BCUT2D eigenvalue weighted by atomic mass is 9.90. The Bertz CT molecular complexity index is 1410. The fourth-order valence-corrected chi connectivity index (χ4v) is 4.90. The quantitative estimate of drug-likeness (QED) is 0.318. The van der Waals surface area contributed by atoms with Crippen LogP contribution in [0.15, 0.2) is 54.7 Å². The van der Waals surface area contributed by atoms with Crippen LogP contribution in [0.3, 0.4) is 0 Å². The molecule has 0 bridgehead atoms. The Kier molecular flexibility index (Phi) is 7.53. The standard InChI is InChI=1S/C29H33FN6O2/c1-18(2)28(37)32-20-10-12-21(13-11-20)36-27-25(34-29(36)33-24-7-5-4-6-23(24)30)17-31-26(35-27)16-19-8-14-22(38-3)15-9-19/h4-9,14-15,17-18,20-21H,10-13,16H2,1-3H3,(H,32,37)(H,33,34). The molecule has 1 aliphatic rings. The second kappa shape index (κ2) is 11.2. The Morgan fingerprint density at radius 3 is 2.50 bits per heavy atom. The van der Waals surface area contributed by atoms with Crippen molar-refractivity contribution in [3.05, 3.63) is 71.9 Å². The number of carbonyl (C=O) groups excluding carboxylic acids is 1. The maximum Gasteiger partial charge on any atom is 0.222 e. The Morgan fingerprint density at radius 2 is 1.82 bits per heavy atom. The molecule has 1 fully saturated rings. The van der Waals surface area contributed by atoms with Crippen molar-refractivity contribution in [2.24, 2.45) is 5.92 Å². The Balaban J connectivity index is 1.45. The molecule has 2 heterocycles. The van der Waals surface area contributed by atoms with Crippen molar-refractivity contribution in [3.8, 4) is 5.75 Å². The number of hydrogen-bond donors (Lipinski definition) is 2. The molecule has 2 aromatic heterocycles. The Morgan fingerprint density at radius 1 is 1.08 bits per heavy atom. The topological polar surface area (TPSA) is 94.0 Å². The van der Waals surface area contributed by atoms with Crippen LogP contribution >= 0.6 is 0 Å². The molecule has 2 aromatic carbocycles. The molecule has 1 aliphatic carbocycles. The van der Waals surface area contributed by atoms with Crippen LogP contribution < -0.4 is 15.4 Å². The maximum atomic E-state index is 14.5. The zero-order valence-corrected chi connectivity index (χ0v) is 21.9. The molecule has 0 aliphatic heterocycles. The SMILES string of the molecule is COc1ccc(Cc2ncc3nc(Nc4ccccc4F)n(C4CCC(NC(=O)C(C)C)CC4)c3n2)cc1. The predicted octanol–water partition coefficient (Wildman–Crippen LogP) is 5.56. The van der Waals surface area contributed by atoms with Crippen LogP contribution in [0.4, 0.5) is 16.0 Å². The van der Waals surface area contributed by atoms with Gasteiger partial charge in [-0.05, 0) is 55.5 Å². The summed E-state index contributed by atoms with van der Waals surface area (Å²) < 4.78 is 21.9. The average Bonchev–Trinajstić information content (AvgIpc) is 3.28. The highest BCUT2D eigenvalue weighted by Gasteiger charge is 2.28. The van der Waals surface area contributed by atoms with Gasteiger partial charge >= 0.3 is 0 Å². The lowest BCUT2D eigenvalue weighted by Gasteiger charge is -2.31. The van der Waals surface area contributed by atoms with Gasteiger partial charge in [-0.15, -0.1) is 0 Å². The number of rotatable bonds is 8. The zero-order chi connectivity index (χ0) is 26.6. The van der Waals surface area contributed by atoms with Gasteiger partial charge < -0.3 is 15.4 Å². The molecule has 198 valence electrons. The number of carbonyl (C=O) groups is 1. The van der Waals surface area contributed by atoms with Crippen LogP contribution in [0.25, 0.3) is 11.2 Å². The van der Waals surface area contributed by atoms with Crippen LogP contribution in [0.5, 0.6) is 5.75 Å². The molecule has 38 heavy (non-hydrogen) atoms. The highest BCUT2D eigenvalue weighted by molar-refractivity contribution is 5.78. The first-order valence-corrected chi connectivity index (χ1v) is 13.1. The van der Waals surface area contributed by atoms with Crippen molar-refractivity contribution >= 4 is 28.7 Å². The number of imidazole rings is 1. The van der Waals surface area contributed by atoms with Crippen molar-refractivity contribution in [2.75, 3.05) is 12.4 Å². The maximum absolute atomic E-state index is 14.5. The number of amides is 1. The molecule has 1 saturated carbocycles. The summed E-state index contributed by atoms with van der Waals surface area (Å²) in [5, 5.41) is 6.36. The molecule has 4 aromatic rings. The largest absolute Gasteiger partial charge is 0.497 e. The Hall–Kier alpha value is -4.01. The fraction of sp³-hybridized carbons (Fsp3) is 0.379. The number of fused-ring (bicyclic) bond motifs is 1. The number of nitrogens with one attached hydrogen (secondary N) is 2. The lowest BCUT2D eigenvalue weighted by molar-refractivity contribution is -0.124. The first-order chi connectivity index (χ1) is 18.4. The molecule has 0 atom stereocenters. The van der Waals surface area contributed by atoms with E-state index in [2.05, 4.69) is 20.2 Å². The van der Waals surface area contributed by atoms with E-state index in [0.717, 1.165) is 42.6 Å². The third-order valence-corrected chi connectivity index (χ3v) is 7.06. The molecular formula is C29H33FN6O2. The highest BCUT2D eigenvalue weighted by atomic mass is 19.1. The summed E-state index contributed by atoms with van der Waals surface area (Å²) >= 11 is 0. The monoisotopic (exact) mass is 516 g/mol. The molecule has 8 nitrogen and oxygen atoms in total. The number of methoxy groups -OCH3 is 1. The van der Waals surface area contributed by atoms with Gasteiger partial charge in [0.25, 0.3) is 0 Å². The van der Waals surface area contributed by atoms with E-state index in [9.17, 15) is 9.18 Å². The zero-order valence-electron chi connectivity index (χ0n) is 21.9. The van der Waals surface area contributed by atoms with Gasteiger partial charge in [0.1, 0.15) is 22.9 Å². The lowest BCUT2D eigenvalue weighted by Crippen LogP contribution is -2.40. The number of aromatic nitrogens is 4. The van der Waals surface area contributed by atoms with E-state index in [-0.39, 0.29) is 29.7 Å². The number of halogens is 1. The van der Waals surface area contributed by atoms with E-state index in [1.807, 2.05) is 38.1 Å². The first-order valence-electron chi connectivity index (χ1n) is 13.1. The van der Waals surface area contributed by atoms with Gasteiger partial charge in [0, 0.05) is 24.4 Å². The molecule has 0 saturated heterocycles. The molecule has 2 N–H and O–H groups in total. The number of anilines is 2. The minimum Gasteiger partial charge on any atom is -0.497 e. The molecule has 1 amide bonds. The van der Waals surface area contributed by atoms with Crippen molar-refractivity contribution in [2.45, 2.75) is 58.0 Å². The van der Waals surface area contributed by atoms with Gasteiger partial charge in [0.05, 0.1) is 19.0 Å². The average molecular weight is 517 g/mol. The third-order valence-electron chi connectivity index (χ3n) is 7.06. The van der Waals surface area contributed by atoms with Crippen LogP contribution in [-0.4, -0.2) is 38.6 Å². The van der Waals surface area contributed by atoms with E-state index in [0.29, 0.717) is 29.4 Å². The van der Waals surface area contributed by atoms with Crippen molar-refractivity contribution in [1.29, 1.82) is 0 Å². The summed E-state index contributed by atoms with van der Waals surface area (Å²) in [6, 6.07) is 14.7. The summed E-state index contributed by atoms with van der Waals surface area (Å²) in [7, 11) is 1.64. The minimum absolute atomic E-state index is 0.0392. The number of nitrogens with zero attached hydrogens (tertiary/aromatic N) is 4. The summed E-state index contributed by atoms with van der Waals surface area (Å²) in [5.74, 6) is 1.71. The third kappa shape index (κ3) is 5.61. The normalized spacial score (nSPS) is 17.5. The summed E-state index contributed by atoms with van der Waals surface area (Å²) in [5.41, 5.74) is 2.80. The molecule has 0 spiro atoms. The summed E-state index contributed by atoms with van der Waals surface area (Å²) in [6.07, 6.45) is 5.70. The van der Waals surface area contributed by atoms with E-state index < -0.39 is 0 Å². The van der Waals surface area contributed by atoms with E-state index in [4.69, 9.17) is 14.7 Å². The van der Waals surface area contributed by atoms with Crippen molar-refractivity contribution < 1.29 is 13.9 Å². The molecular weight excluding hydrogens is 483 g/mol. The predicted molar refractivity (Wildman–Crippen MR) is 145 cm³/mol. The highest BCUT2D eigenvalue weighted by Crippen LogP contribution is 2.35. The van der Waals surface area contributed by atoms with Gasteiger partial charge in [0.15, 0.2) is 5.65 Å². The van der Waals surface area contributed by atoms with Gasteiger partial charge in [0.2, 0.25) is 11.9 Å². The summed E-state index contributed by atoms with van der Waals surface area (Å²) in [4.78, 5) is 26.5. The number of benzene rings is 2. The van der Waals surface area contributed by atoms with Crippen LogP contribution in [0.1, 0.15) is 57.0 Å².